The number of carbonyl (C=O) groups is 1. The zero-order valence-corrected chi connectivity index (χ0v) is 9.83. The second-order valence-electron chi connectivity index (χ2n) is 3.79. The van der Waals surface area contributed by atoms with Crippen molar-refractivity contribution in [3.63, 3.8) is 0 Å². The first-order valence-corrected chi connectivity index (χ1v) is 5.73. The number of hydrogen-bond donors (Lipinski definition) is 3. The first-order chi connectivity index (χ1) is 7.61. The average Bonchev–Trinajstić information content (AvgIpc) is 2.29. The van der Waals surface area contributed by atoms with Crippen LogP contribution < -0.4 is 15.8 Å². The van der Waals surface area contributed by atoms with E-state index in [1.165, 1.54) is 0 Å². The number of carbonyl (C=O) groups excluding carboxylic acids is 1. The van der Waals surface area contributed by atoms with Gasteiger partial charge < -0.3 is 15.8 Å². The normalized spacial score (nSPS) is 20.7. The Labute approximate surface area is 99.6 Å². The molecule has 0 fully saturated rings. The molecule has 16 heavy (non-hydrogen) atoms. The summed E-state index contributed by atoms with van der Waals surface area (Å²) in [6.07, 6.45) is -0.447. The van der Waals surface area contributed by atoms with Crippen LogP contribution in [0.15, 0.2) is 18.2 Å². The first kappa shape index (κ1) is 11.3. The van der Waals surface area contributed by atoms with Gasteiger partial charge in [0.25, 0.3) is 5.91 Å². The van der Waals surface area contributed by atoms with Crippen LogP contribution in [-0.4, -0.2) is 17.8 Å². The average molecular weight is 238 g/mol. The Morgan fingerprint density at radius 1 is 1.62 bits per heavy atom. The smallest absolute Gasteiger partial charge is 0.265 e. The van der Waals surface area contributed by atoms with Gasteiger partial charge in [0.15, 0.2) is 6.10 Å². The Hall–Kier alpha value is -1.20. The van der Waals surface area contributed by atoms with E-state index in [4.69, 9.17) is 10.5 Å². The molecule has 2 rings (SSSR count). The molecule has 0 saturated heterocycles. The fourth-order valence-corrected chi connectivity index (χ4v) is 1.77. The van der Waals surface area contributed by atoms with Crippen LogP contribution in [0.4, 0.5) is 5.69 Å². The van der Waals surface area contributed by atoms with Crippen molar-refractivity contribution in [3.05, 3.63) is 23.8 Å². The summed E-state index contributed by atoms with van der Waals surface area (Å²) < 4.78 is 5.44. The topological polar surface area (TPSA) is 64.3 Å². The van der Waals surface area contributed by atoms with E-state index in [0.717, 1.165) is 5.56 Å². The molecule has 1 aliphatic rings. The molecule has 2 atom stereocenters. The zero-order valence-electron chi connectivity index (χ0n) is 8.93. The maximum Gasteiger partial charge on any atom is 0.265 e. The van der Waals surface area contributed by atoms with E-state index >= 15 is 0 Å². The third kappa shape index (κ3) is 2.01. The van der Waals surface area contributed by atoms with Crippen LogP contribution in [0.1, 0.15) is 18.5 Å². The summed E-state index contributed by atoms with van der Waals surface area (Å²) in [6, 6.07) is 5.42. The second kappa shape index (κ2) is 4.35. The van der Waals surface area contributed by atoms with Gasteiger partial charge >= 0.3 is 0 Å². The summed E-state index contributed by atoms with van der Waals surface area (Å²) in [5.41, 5.74) is 7.48. The molecule has 0 aliphatic carbocycles. The predicted octanol–water partition coefficient (Wildman–Crippen LogP) is 1.34. The highest BCUT2D eigenvalue weighted by atomic mass is 32.1. The van der Waals surface area contributed by atoms with Crippen LogP contribution in [-0.2, 0) is 4.79 Å². The molecule has 5 heteroatoms. The van der Waals surface area contributed by atoms with E-state index in [2.05, 4.69) is 17.9 Å². The third-order valence-electron chi connectivity index (χ3n) is 2.56. The van der Waals surface area contributed by atoms with Gasteiger partial charge in [0.2, 0.25) is 0 Å². The number of ether oxygens (including phenoxy) is 1. The van der Waals surface area contributed by atoms with Crippen molar-refractivity contribution in [1.82, 2.24) is 0 Å². The van der Waals surface area contributed by atoms with Gasteiger partial charge in [0.1, 0.15) is 5.75 Å². The molecule has 1 aromatic carbocycles. The van der Waals surface area contributed by atoms with Crippen LogP contribution >= 0.6 is 12.6 Å². The number of rotatable bonds is 2. The fraction of sp³-hybridized carbons (Fsp3) is 0.364. The van der Waals surface area contributed by atoms with Crippen LogP contribution in [0.5, 0.6) is 5.75 Å². The molecule has 1 aliphatic heterocycles. The fourth-order valence-electron chi connectivity index (χ4n) is 1.56. The molecule has 1 aromatic rings. The molecule has 0 bridgehead atoms. The van der Waals surface area contributed by atoms with Crippen LogP contribution in [0.25, 0.3) is 0 Å². The summed E-state index contributed by atoms with van der Waals surface area (Å²) in [5, 5.41) is 2.78. The minimum Gasteiger partial charge on any atom is -0.479 e. The van der Waals surface area contributed by atoms with Crippen molar-refractivity contribution in [1.29, 1.82) is 0 Å². The summed E-state index contributed by atoms with van der Waals surface area (Å²) in [4.78, 5) is 11.4. The molecular formula is C11H14N2O2S. The van der Waals surface area contributed by atoms with Crippen molar-refractivity contribution in [3.8, 4) is 5.75 Å². The largest absolute Gasteiger partial charge is 0.479 e. The highest BCUT2D eigenvalue weighted by Gasteiger charge is 2.23. The van der Waals surface area contributed by atoms with Crippen molar-refractivity contribution >= 4 is 24.2 Å². The van der Waals surface area contributed by atoms with Crippen LogP contribution in [0, 0.1) is 0 Å². The summed E-state index contributed by atoms with van der Waals surface area (Å²) >= 11 is 4.14. The number of hydrogen-bond acceptors (Lipinski definition) is 4. The number of anilines is 1. The van der Waals surface area contributed by atoms with Crippen molar-refractivity contribution < 1.29 is 9.53 Å². The predicted molar refractivity (Wildman–Crippen MR) is 65.9 cm³/mol. The molecule has 0 saturated carbocycles. The number of thiol groups is 1. The minimum atomic E-state index is -0.447. The number of benzene rings is 1. The van der Waals surface area contributed by atoms with E-state index in [0.29, 0.717) is 17.2 Å². The summed E-state index contributed by atoms with van der Waals surface area (Å²) in [6.45, 7) is 1.71. The van der Waals surface area contributed by atoms with Gasteiger partial charge in [0.05, 0.1) is 5.69 Å². The van der Waals surface area contributed by atoms with Gasteiger partial charge in [-0.1, -0.05) is 6.07 Å². The number of nitrogens with one attached hydrogen (secondary N) is 1. The molecule has 0 radical (unpaired) electrons. The van der Waals surface area contributed by atoms with Gasteiger partial charge in [0, 0.05) is 11.8 Å². The molecule has 0 aromatic heterocycles. The summed E-state index contributed by atoms with van der Waals surface area (Å²) in [5.74, 6) is 1.11. The zero-order chi connectivity index (χ0) is 11.7. The number of amides is 1. The Morgan fingerprint density at radius 3 is 3.06 bits per heavy atom. The van der Waals surface area contributed by atoms with E-state index in [1.807, 2.05) is 18.2 Å². The Morgan fingerprint density at radius 2 is 2.38 bits per heavy atom. The number of nitrogens with two attached hydrogens (primary N) is 1. The van der Waals surface area contributed by atoms with Gasteiger partial charge in [-0.05, 0) is 24.6 Å². The van der Waals surface area contributed by atoms with E-state index in [1.54, 1.807) is 6.92 Å². The Kier molecular flexibility index (Phi) is 3.07. The van der Waals surface area contributed by atoms with Crippen molar-refractivity contribution in [2.24, 2.45) is 5.73 Å². The third-order valence-corrected chi connectivity index (χ3v) is 2.95. The first-order valence-electron chi connectivity index (χ1n) is 5.09. The standard InChI is InChI=1S/C11H14N2O2S/c1-6-11(14)13-9-4-7(8(12)5-16)2-3-10(9)15-6/h2-4,6,8,16H,5,12H2,1H3,(H,13,14). The molecule has 4 nitrogen and oxygen atoms in total. The number of fused-ring (bicyclic) bond motifs is 1. The van der Waals surface area contributed by atoms with E-state index in [-0.39, 0.29) is 11.9 Å². The Bertz CT molecular complexity index is 422. The molecular weight excluding hydrogens is 224 g/mol. The van der Waals surface area contributed by atoms with Gasteiger partial charge in [-0.25, -0.2) is 0 Å². The highest BCUT2D eigenvalue weighted by Crippen LogP contribution is 2.31. The molecule has 0 spiro atoms. The lowest BCUT2D eigenvalue weighted by molar-refractivity contribution is -0.122. The van der Waals surface area contributed by atoms with E-state index < -0.39 is 6.10 Å². The lowest BCUT2D eigenvalue weighted by Crippen LogP contribution is -2.34. The molecule has 86 valence electrons. The maximum absolute atomic E-state index is 11.4. The Balaban J connectivity index is 2.32. The van der Waals surface area contributed by atoms with Gasteiger partial charge in [-0.3, -0.25) is 4.79 Å². The van der Waals surface area contributed by atoms with Gasteiger partial charge in [-0.15, -0.1) is 0 Å². The van der Waals surface area contributed by atoms with Gasteiger partial charge in [-0.2, -0.15) is 12.6 Å². The lowest BCUT2D eigenvalue weighted by Gasteiger charge is -2.24. The van der Waals surface area contributed by atoms with E-state index in [9.17, 15) is 4.79 Å². The highest BCUT2D eigenvalue weighted by molar-refractivity contribution is 7.80. The van der Waals surface area contributed by atoms with Crippen LogP contribution in [0.3, 0.4) is 0 Å². The monoisotopic (exact) mass is 238 g/mol. The summed E-state index contributed by atoms with van der Waals surface area (Å²) in [7, 11) is 0. The van der Waals surface area contributed by atoms with Crippen LogP contribution in [0.2, 0.25) is 0 Å². The minimum absolute atomic E-state index is 0.134. The SMILES string of the molecule is CC1Oc2ccc(C(N)CS)cc2NC1=O. The lowest BCUT2D eigenvalue weighted by atomic mass is 10.1. The molecule has 1 heterocycles. The molecule has 3 N–H and O–H groups in total. The van der Waals surface area contributed by atoms with Crippen molar-refractivity contribution in [2.75, 3.05) is 11.1 Å². The molecule has 1 amide bonds. The quantitative estimate of drug-likeness (QED) is 0.681. The maximum atomic E-state index is 11.4. The molecule has 2 unspecified atom stereocenters. The second-order valence-corrected chi connectivity index (χ2v) is 4.16. The van der Waals surface area contributed by atoms with Crippen molar-refractivity contribution in [2.45, 2.75) is 19.1 Å².